The van der Waals surface area contributed by atoms with Crippen molar-refractivity contribution >= 4 is 35.0 Å². The zero-order chi connectivity index (χ0) is 12.0. The van der Waals surface area contributed by atoms with Crippen LogP contribution >= 0.6 is 23.4 Å². The van der Waals surface area contributed by atoms with Crippen LogP contribution in [-0.4, -0.2) is 26.4 Å². The summed E-state index contributed by atoms with van der Waals surface area (Å²) in [5.41, 5.74) is 11.1. The van der Waals surface area contributed by atoms with Gasteiger partial charge in [-0.1, -0.05) is 23.4 Å². The number of aromatic nitrogens is 4. The minimum absolute atomic E-state index is 0.300. The van der Waals surface area contributed by atoms with E-state index in [0.29, 0.717) is 16.8 Å². The summed E-state index contributed by atoms with van der Waals surface area (Å²) >= 11 is 6.93. The van der Waals surface area contributed by atoms with Crippen LogP contribution in [-0.2, 0) is 0 Å². The van der Waals surface area contributed by atoms with Crippen molar-refractivity contribution in [3.8, 4) is 0 Å². The van der Waals surface area contributed by atoms with Gasteiger partial charge in [0.15, 0.2) is 5.16 Å². The molecule has 0 fully saturated rings. The third-order valence-corrected chi connectivity index (χ3v) is 2.22. The summed E-state index contributed by atoms with van der Waals surface area (Å²) in [6.07, 6.45) is 3.42. The lowest BCUT2D eigenvalue weighted by Crippen LogP contribution is -1.84. The quantitative estimate of drug-likeness (QED) is 0.528. The fourth-order valence-corrected chi connectivity index (χ4v) is 1.17. The van der Waals surface area contributed by atoms with Crippen molar-refractivity contribution in [2.24, 2.45) is 0 Å². The van der Waals surface area contributed by atoms with Crippen molar-refractivity contribution in [3.63, 3.8) is 0 Å². The number of halogens is 1. The van der Waals surface area contributed by atoms with Crippen molar-refractivity contribution in [2.75, 3.05) is 17.7 Å². The van der Waals surface area contributed by atoms with Crippen LogP contribution < -0.4 is 11.5 Å². The molecule has 86 valence electrons. The molecule has 16 heavy (non-hydrogen) atoms. The van der Waals surface area contributed by atoms with E-state index < -0.39 is 0 Å². The molecule has 2 heterocycles. The van der Waals surface area contributed by atoms with Crippen LogP contribution in [0.3, 0.4) is 0 Å². The van der Waals surface area contributed by atoms with Crippen molar-refractivity contribution in [2.45, 2.75) is 5.16 Å². The first-order valence-corrected chi connectivity index (χ1v) is 5.81. The molecule has 0 spiro atoms. The molecule has 2 aromatic heterocycles. The van der Waals surface area contributed by atoms with E-state index in [4.69, 9.17) is 23.1 Å². The van der Waals surface area contributed by atoms with E-state index in [2.05, 4.69) is 20.2 Å². The number of thioether (sulfide) groups is 1. The van der Waals surface area contributed by atoms with Gasteiger partial charge in [0.2, 0.25) is 5.95 Å². The van der Waals surface area contributed by atoms with Gasteiger partial charge in [-0.25, -0.2) is 4.98 Å². The van der Waals surface area contributed by atoms with Gasteiger partial charge >= 0.3 is 0 Å². The maximum atomic E-state index is 5.44. The standard InChI is InChI=1S/C5H5ClN2.C3H6N4S/c6-5-2-1-4(7)3-8-5;1-8-3-5-2(4)6-7-3/h1-3H,7H2;1H3,(H3,4,5,6,7). The molecular weight excluding hydrogens is 248 g/mol. The Bertz CT molecular complexity index is 407. The van der Waals surface area contributed by atoms with E-state index in [1.165, 1.54) is 18.0 Å². The van der Waals surface area contributed by atoms with Crippen molar-refractivity contribution in [1.82, 2.24) is 20.2 Å². The van der Waals surface area contributed by atoms with Crippen molar-refractivity contribution in [3.05, 3.63) is 23.5 Å². The molecule has 0 amide bonds. The lowest BCUT2D eigenvalue weighted by Gasteiger charge is -1.87. The Morgan fingerprint density at radius 2 is 2.12 bits per heavy atom. The average Bonchev–Trinajstić information content (AvgIpc) is 2.70. The molecule has 0 unspecified atom stereocenters. The number of aromatic amines is 1. The number of pyridine rings is 1. The van der Waals surface area contributed by atoms with Gasteiger partial charge < -0.3 is 11.5 Å². The normalized spacial score (nSPS) is 9.38. The molecule has 0 aliphatic rings. The van der Waals surface area contributed by atoms with E-state index in [1.54, 1.807) is 12.1 Å². The molecule has 0 radical (unpaired) electrons. The maximum Gasteiger partial charge on any atom is 0.240 e. The summed E-state index contributed by atoms with van der Waals surface area (Å²) in [6, 6.07) is 3.35. The first kappa shape index (κ1) is 12.6. The summed E-state index contributed by atoms with van der Waals surface area (Å²) in [7, 11) is 0. The highest BCUT2D eigenvalue weighted by Crippen LogP contribution is 2.06. The molecule has 0 saturated heterocycles. The second-order valence-electron chi connectivity index (χ2n) is 2.62. The third kappa shape index (κ3) is 4.37. The van der Waals surface area contributed by atoms with Gasteiger partial charge in [0.05, 0.1) is 11.9 Å². The van der Waals surface area contributed by atoms with E-state index in [1.807, 2.05) is 6.26 Å². The molecule has 0 aliphatic heterocycles. The summed E-state index contributed by atoms with van der Waals surface area (Å²) < 4.78 is 0. The van der Waals surface area contributed by atoms with Gasteiger partial charge in [0.1, 0.15) is 5.15 Å². The number of H-pyrrole nitrogens is 1. The van der Waals surface area contributed by atoms with E-state index in [9.17, 15) is 0 Å². The molecule has 5 N–H and O–H groups in total. The fraction of sp³-hybridized carbons (Fsp3) is 0.125. The molecule has 0 aliphatic carbocycles. The topological polar surface area (TPSA) is 106 Å². The van der Waals surface area contributed by atoms with Gasteiger partial charge in [-0.15, -0.1) is 5.10 Å². The number of nitrogen functional groups attached to an aromatic ring is 2. The molecule has 2 aromatic rings. The Kier molecular flexibility index (Phi) is 4.87. The van der Waals surface area contributed by atoms with Gasteiger partial charge in [0, 0.05) is 0 Å². The molecule has 2 rings (SSSR count). The summed E-state index contributed by atoms with van der Waals surface area (Å²) in [5.74, 6) is 0.300. The largest absolute Gasteiger partial charge is 0.397 e. The number of rotatable bonds is 1. The van der Waals surface area contributed by atoms with Gasteiger partial charge in [0.25, 0.3) is 0 Å². The second kappa shape index (κ2) is 6.19. The zero-order valence-electron chi connectivity index (χ0n) is 8.51. The highest BCUT2D eigenvalue weighted by Gasteiger charge is 1.92. The van der Waals surface area contributed by atoms with E-state index in [-0.39, 0.29) is 0 Å². The predicted octanol–water partition coefficient (Wildman–Crippen LogP) is 1.43. The zero-order valence-corrected chi connectivity index (χ0v) is 10.1. The van der Waals surface area contributed by atoms with Crippen LogP contribution in [0.1, 0.15) is 0 Å². The first-order chi connectivity index (χ1) is 7.61. The Morgan fingerprint density at radius 1 is 1.38 bits per heavy atom. The first-order valence-electron chi connectivity index (χ1n) is 4.20. The van der Waals surface area contributed by atoms with Crippen molar-refractivity contribution < 1.29 is 0 Å². The Balaban J connectivity index is 0.000000160. The predicted molar refractivity (Wildman–Crippen MR) is 66.2 cm³/mol. The summed E-state index contributed by atoms with van der Waals surface area (Å²) in [4.78, 5) is 7.52. The smallest absolute Gasteiger partial charge is 0.240 e. The van der Waals surface area contributed by atoms with Crippen LogP contribution in [0.5, 0.6) is 0 Å². The van der Waals surface area contributed by atoms with Gasteiger partial charge in [-0.3, -0.25) is 5.10 Å². The average molecular weight is 259 g/mol. The number of nitrogens with zero attached hydrogens (tertiary/aromatic N) is 3. The fourth-order valence-electron chi connectivity index (χ4n) is 0.738. The Labute approximate surface area is 102 Å². The minimum Gasteiger partial charge on any atom is -0.397 e. The second-order valence-corrected chi connectivity index (χ2v) is 3.80. The van der Waals surface area contributed by atoms with Gasteiger partial charge in [-0.05, 0) is 18.4 Å². The number of nitrogens with one attached hydrogen (secondary N) is 1. The Morgan fingerprint density at radius 3 is 2.44 bits per heavy atom. The lowest BCUT2D eigenvalue weighted by atomic mass is 10.4. The third-order valence-electron chi connectivity index (χ3n) is 1.43. The van der Waals surface area contributed by atoms with E-state index in [0.717, 1.165) is 5.16 Å². The van der Waals surface area contributed by atoms with Crippen LogP contribution in [0, 0.1) is 0 Å². The molecular formula is C8H11ClN6S. The number of nitrogens with two attached hydrogens (primary N) is 2. The molecule has 6 nitrogen and oxygen atoms in total. The SMILES string of the molecule is CSc1nc(N)n[nH]1.Nc1ccc(Cl)nc1. The Hall–Kier alpha value is -1.47. The molecule has 0 bridgehead atoms. The summed E-state index contributed by atoms with van der Waals surface area (Å²) in [5, 5.41) is 7.46. The van der Waals surface area contributed by atoms with Gasteiger partial charge in [-0.2, -0.15) is 4.98 Å². The molecule has 0 aromatic carbocycles. The van der Waals surface area contributed by atoms with E-state index >= 15 is 0 Å². The highest BCUT2D eigenvalue weighted by molar-refractivity contribution is 7.98. The lowest BCUT2D eigenvalue weighted by molar-refractivity contribution is 0.977. The molecule has 8 heteroatoms. The monoisotopic (exact) mass is 258 g/mol. The molecule has 0 saturated carbocycles. The maximum absolute atomic E-state index is 5.44. The van der Waals surface area contributed by atoms with Crippen LogP contribution in [0.25, 0.3) is 0 Å². The van der Waals surface area contributed by atoms with Crippen molar-refractivity contribution in [1.29, 1.82) is 0 Å². The summed E-state index contributed by atoms with van der Waals surface area (Å²) in [6.45, 7) is 0. The number of hydrogen-bond donors (Lipinski definition) is 3. The minimum atomic E-state index is 0.300. The number of anilines is 2. The van der Waals surface area contributed by atoms with Crippen LogP contribution in [0.4, 0.5) is 11.6 Å². The van der Waals surface area contributed by atoms with Crippen LogP contribution in [0.15, 0.2) is 23.5 Å². The highest BCUT2D eigenvalue weighted by atomic mass is 35.5. The number of hydrogen-bond acceptors (Lipinski definition) is 6. The van der Waals surface area contributed by atoms with Crippen LogP contribution in [0.2, 0.25) is 5.15 Å². The molecule has 0 atom stereocenters.